The Labute approximate surface area is 157 Å². The van der Waals surface area contributed by atoms with Crippen molar-refractivity contribution in [2.75, 3.05) is 5.32 Å². The lowest BCUT2D eigenvalue weighted by Gasteiger charge is -2.06. The highest BCUT2D eigenvalue weighted by atomic mass is 32.1. The number of carbonyl (C=O) groups excluding carboxylic acids is 2. The molecule has 26 heavy (non-hydrogen) atoms. The largest absolute Gasteiger partial charge is 0.487 e. The third-order valence-corrected chi connectivity index (χ3v) is 5.51. The van der Waals surface area contributed by atoms with Crippen LogP contribution in [-0.4, -0.2) is 16.9 Å². The summed E-state index contributed by atoms with van der Waals surface area (Å²) in [5.74, 6) is 0.0959. The molecule has 9 heteroatoms. The molecule has 2 aromatic heterocycles. The van der Waals surface area contributed by atoms with Crippen LogP contribution < -0.4 is 21.5 Å². The average molecular weight is 388 g/mol. The first kappa shape index (κ1) is 17.9. The van der Waals surface area contributed by atoms with E-state index in [0.717, 1.165) is 16.1 Å². The monoisotopic (exact) mass is 388 g/mol. The number of benzene rings is 1. The van der Waals surface area contributed by atoms with Gasteiger partial charge < -0.3 is 16.2 Å². The number of nitrogens with two attached hydrogens (primary N) is 2. The van der Waals surface area contributed by atoms with Crippen LogP contribution >= 0.6 is 22.7 Å². The smallest absolute Gasteiger partial charge is 0.317 e. The fraction of sp³-hybridized carbons (Fsp3) is 0.118. The first-order valence-electron chi connectivity index (χ1n) is 7.55. The van der Waals surface area contributed by atoms with Crippen LogP contribution in [-0.2, 0) is 6.61 Å². The molecule has 0 bridgehead atoms. The van der Waals surface area contributed by atoms with Crippen LogP contribution in [0.2, 0.25) is 0 Å². The van der Waals surface area contributed by atoms with Crippen LogP contribution in [0.5, 0.6) is 5.75 Å². The Kier molecular flexibility index (Phi) is 5.19. The lowest BCUT2D eigenvalue weighted by Crippen LogP contribution is -2.21. The second-order valence-electron chi connectivity index (χ2n) is 5.41. The Bertz CT molecular complexity index is 934. The Morgan fingerprint density at radius 3 is 2.54 bits per heavy atom. The standard InChI is InChI=1S/C17H16N4O3S2/c1-9-13(15(18)22)16(21-17(19)23)26-14(9)10-2-4-12(5-3-10)24-6-11-7-25-8-20-11/h2-5,7-8H,6H2,1H3,(H2,18,22)(H3,19,21,23). The van der Waals surface area contributed by atoms with E-state index in [-0.39, 0.29) is 5.56 Å². The lowest BCUT2D eigenvalue weighted by atomic mass is 10.1. The SMILES string of the molecule is Cc1c(-c2ccc(OCc3cscn3)cc2)sc(NC(N)=O)c1C(N)=O. The Balaban J connectivity index is 1.84. The van der Waals surface area contributed by atoms with Gasteiger partial charge in [0.15, 0.2) is 0 Å². The highest BCUT2D eigenvalue weighted by Gasteiger charge is 2.21. The third-order valence-electron chi connectivity index (χ3n) is 3.62. The number of nitrogens with one attached hydrogen (secondary N) is 1. The van der Waals surface area contributed by atoms with Crippen LogP contribution in [0, 0.1) is 6.92 Å². The van der Waals surface area contributed by atoms with Gasteiger partial charge in [0.05, 0.1) is 16.8 Å². The maximum Gasteiger partial charge on any atom is 0.317 e. The molecule has 1 aromatic carbocycles. The molecule has 0 fully saturated rings. The van der Waals surface area contributed by atoms with E-state index in [1.807, 2.05) is 29.6 Å². The maximum absolute atomic E-state index is 11.7. The number of aromatic nitrogens is 1. The highest BCUT2D eigenvalue weighted by molar-refractivity contribution is 7.20. The fourth-order valence-corrected chi connectivity index (χ4v) is 4.22. The normalized spacial score (nSPS) is 10.5. The van der Waals surface area contributed by atoms with Crippen molar-refractivity contribution in [2.45, 2.75) is 13.5 Å². The van der Waals surface area contributed by atoms with E-state index in [4.69, 9.17) is 16.2 Å². The van der Waals surface area contributed by atoms with Crippen LogP contribution in [0.15, 0.2) is 35.2 Å². The van der Waals surface area contributed by atoms with Gasteiger partial charge >= 0.3 is 6.03 Å². The van der Waals surface area contributed by atoms with Gasteiger partial charge in [0.25, 0.3) is 5.91 Å². The summed E-state index contributed by atoms with van der Waals surface area (Å²) in [5, 5.41) is 4.74. The minimum Gasteiger partial charge on any atom is -0.487 e. The highest BCUT2D eigenvalue weighted by Crippen LogP contribution is 2.40. The molecule has 0 unspecified atom stereocenters. The summed E-state index contributed by atoms with van der Waals surface area (Å²) >= 11 is 2.77. The Morgan fingerprint density at radius 2 is 1.96 bits per heavy atom. The molecule has 0 aliphatic carbocycles. The van der Waals surface area contributed by atoms with Crippen LogP contribution in [0.1, 0.15) is 21.6 Å². The molecule has 0 spiro atoms. The van der Waals surface area contributed by atoms with Crippen LogP contribution in [0.4, 0.5) is 9.80 Å². The molecule has 7 nitrogen and oxygen atoms in total. The predicted octanol–water partition coefficient (Wildman–Crippen LogP) is 3.35. The van der Waals surface area contributed by atoms with E-state index in [9.17, 15) is 9.59 Å². The van der Waals surface area contributed by atoms with Crippen molar-refractivity contribution in [2.24, 2.45) is 11.5 Å². The number of amides is 3. The van der Waals surface area contributed by atoms with Gasteiger partial charge in [0, 0.05) is 10.3 Å². The minimum atomic E-state index is -0.744. The lowest BCUT2D eigenvalue weighted by molar-refractivity contribution is 0.100. The molecule has 0 saturated carbocycles. The van der Waals surface area contributed by atoms with E-state index in [1.165, 1.54) is 22.7 Å². The van der Waals surface area contributed by atoms with Gasteiger partial charge in [0.1, 0.15) is 17.4 Å². The van der Waals surface area contributed by atoms with Crippen molar-refractivity contribution in [1.82, 2.24) is 4.98 Å². The van der Waals surface area contributed by atoms with E-state index in [0.29, 0.717) is 22.9 Å². The number of urea groups is 1. The quantitative estimate of drug-likeness (QED) is 0.599. The summed E-state index contributed by atoms with van der Waals surface area (Å²) in [7, 11) is 0. The van der Waals surface area contributed by atoms with Crippen molar-refractivity contribution in [1.29, 1.82) is 0 Å². The van der Waals surface area contributed by atoms with E-state index in [1.54, 1.807) is 12.4 Å². The summed E-state index contributed by atoms with van der Waals surface area (Å²) in [6.07, 6.45) is 0. The molecular weight excluding hydrogens is 372 g/mol. The zero-order valence-corrected chi connectivity index (χ0v) is 15.4. The van der Waals surface area contributed by atoms with E-state index < -0.39 is 11.9 Å². The van der Waals surface area contributed by atoms with Gasteiger partial charge in [0.2, 0.25) is 0 Å². The molecule has 3 amide bonds. The van der Waals surface area contributed by atoms with Crippen LogP contribution in [0.25, 0.3) is 10.4 Å². The van der Waals surface area contributed by atoms with Crippen molar-refractivity contribution in [3.8, 4) is 16.2 Å². The van der Waals surface area contributed by atoms with Crippen LogP contribution in [0.3, 0.4) is 0 Å². The second-order valence-corrected chi connectivity index (χ2v) is 7.15. The first-order chi connectivity index (χ1) is 12.5. The van der Waals surface area contributed by atoms with Gasteiger partial charge in [-0.25, -0.2) is 9.78 Å². The molecular formula is C17H16N4O3S2. The first-order valence-corrected chi connectivity index (χ1v) is 9.31. The Hall–Kier alpha value is -2.91. The summed E-state index contributed by atoms with van der Waals surface area (Å²) in [5.41, 5.74) is 15.1. The van der Waals surface area contributed by atoms with E-state index >= 15 is 0 Å². The predicted molar refractivity (Wildman–Crippen MR) is 103 cm³/mol. The minimum absolute atomic E-state index is 0.271. The van der Waals surface area contributed by atoms with Crippen molar-refractivity contribution < 1.29 is 14.3 Å². The number of thiazole rings is 1. The molecule has 0 aliphatic rings. The number of hydrogen-bond acceptors (Lipinski definition) is 6. The van der Waals surface area contributed by atoms with Crippen molar-refractivity contribution in [3.05, 3.63) is 52.0 Å². The topological polar surface area (TPSA) is 120 Å². The molecule has 5 N–H and O–H groups in total. The molecule has 3 aromatic rings. The number of thiophene rings is 1. The summed E-state index contributed by atoms with van der Waals surface area (Å²) in [6.45, 7) is 2.18. The van der Waals surface area contributed by atoms with Crippen molar-refractivity contribution >= 4 is 39.6 Å². The van der Waals surface area contributed by atoms with E-state index in [2.05, 4.69) is 10.3 Å². The summed E-state index contributed by atoms with van der Waals surface area (Å²) in [4.78, 5) is 27.9. The molecule has 0 radical (unpaired) electrons. The summed E-state index contributed by atoms with van der Waals surface area (Å²) in [6, 6.07) is 6.70. The summed E-state index contributed by atoms with van der Waals surface area (Å²) < 4.78 is 5.69. The van der Waals surface area contributed by atoms with Gasteiger partial charge in [-0.15, -0.1) is 22.7 Å². The number of nitrogens with zero attached hydrogens (tertiary/aromatic N) is 1. The van der Waals surface area contributed by atoms with Gasteiger partial charge in [-0.2, -0.15) is 0 Å². The number of ether oxygens (including phenoxy) is 1. The third kappa shape index (κ3) is 3.84. The second kappa shape index (κ2) is 7.54. The average Bonchev–Trinajstić information content (AvgIpc) is 3.21. The van der Waals surface area contributed by atoms with Gasteiger partial charge in [-0.3, -0.25) is 10.1 Å². The number of hydrogen-bond donors (Lipinski definition) is 3. The molecule has 134 valence electrons. The molecule has 3 rings (SSSR count). The fourth-order valence-electron chi connectivity index (χ4n) is 2.45. The molecule has 0 saturated heterocycles. The number of primary amides is 2. The number of anilines is 1. The Morgan fingerprint density at radius 1 is 1.23 bits per heavy atom. The molecule has 0 aliphatic heterocycles. The molecule has 0 atom stereocenters. The van der Waals surface area contributed by atoms with Gasteiger partial charge in [-0.1, -0.05) is 0 Å². The number of carbonyl (C=O) groups is 2. The molecule has 2 heterocycles. The van der Waals surface area contributed by atoms with Gasteiger partial charge in [-0.05, 0) is 42.3 Å². The maximum atomic E-state index is 11.7. The van der Waals surface area contributed by atoms with Crippen molar-refractivity contribution in [3.63, 3.8) is 0 Å². The number of rotatable bonds is 6. The zero-order chi connectivity index (χ0) is 18.7. The zero-order valence-electron chi connectivity index (χ0n) is 13.8.